The largest absolute Gasteiger partial charge is 0.393 e. The summed E-state index contributed by atoms with van der Waals surface area (Å²) >= 11 is 0. The molecule has 4 N–H and O–H groups in total. The molecule has 4 aliphatic rings. The Bertz CT molecular complexity index is 819. The quantitative estimate of drug-likeness (QED) is 0.153. The lowest BCUT2D eigenvalue weighted by atomic mass is 9.43. The van der Waals surface area contributed by atoms with E-state index in [0.29, 0.717) is 36.0 Å². The van der Waals surface area contributed by atoms with Gasteiger partial charge in [-0.25, -0.2) is 0 Å². The molecule has 4 rings (SSSR count). The number of aliphatic hydroxyl groups is 3. The van der Waals surface area contributed by atoms with Gasteiger partial charge in [0.05, 0.1) is 18.3 Å². The number of nitrogens with one attached hydrogen (secondary N) is 1. The molecule has 0 aromatic heterocycles. The molecule has 4 saturated carbocycles. The number of aliphatic hydroxyl groups excluding tert-OH is 3. The summed E-state index contributed by atoms with van der Waals surface area (Å²) in [6.45, 7) is 10.1. The van der Waals surface area contributed by atoms with E-state index in [1.165, 1.54) is 57.8 Å². The van der Waals surface area contributed by atoms with Crippen LogP contribution in [0.5, 0.6) is 0 Å². The lowest BCUT2D eigenvalue weighted by molar-refractivity contribution is -0.207. The maximum atomic E-state index is 12.7. The van der Waals surface area contributed by atoms with Crippen LogP contribution in [0.1, 0.15) is 150 Å². The molecule has 4 fully saturated rings. The lowest BCUT2D eigenvalue weighted by Gasteiger charge is -2.63. The zero-order valence-electron chi connectivity index (χ0n) is 27.1. The fourth-order valence-electron chi connectivity index (χ4n) is 10.6. The van der Waals surface area contributed by atoms with Crippen LogP contribution >= 0.6 is 0 Å². The van der Waals surface area contributed by atoms with E-state index in [-0.39, 0.29) is 41.0 Å². The molecule has 5 nitrogen and oxygen atoms in total. The first-order valence-corrected chi connectivity index (χ1v) is 17.9. The molecule has 0 heterocycles. The van der Waals surface area contributed by atoms with Gasteiger partial charge in [-0.1, -0.05) is 85.5 Å². The van der Waals surface area contributed by atoms with Gasteiger partial charge in [0, 0.05) is 13.0 Å². The molecule has 1 amide bonds. The summed E-state index contributed by atoms with van der Waals surface area (Å²) in [6, 6.07) is 0. The van der Waals surface area contributed by atoms with Gasteiger partial charge < -0.3 is 20.6 Å². The average molecular weight is 576 g/mol. The highest BCUT2D eigenvalue weighted by Gasteiger charge is 2.65. The monoisotopic (exact) mass is 575 g/mol. The van der Waals surface area contributed by atoms with E-state index in [1.807, 2.05) is 0 Å². The lowest BCUT2D eigenvalue weighted by Crippen LogP contribution is -2.62. The minimum atomic E-state index is -0.358. The average Bonchev–Trinajstić information content (AvgIpc) is 3.30. The van der Waals surface area contributed by atoms with Crippen LogP contribution in [0.25, 0.3) is 0 Å². The van der Waals surface area contributed by atoms with E-state index in [4.69, 9.17) is 0 Å². The standard InChI is InChI=1S/C36H65NO4/c1-5-6-7-8-9-10-11-12-13-14-21-37-33(41)18-15-25(2)28-16-17-29-34-30(24-32(40)36(28,29)4)35(3)20-19-27(38)22-26(35)23-31(34)39/h25-32,34,38-40H,5-24H2,1-4H3,(H,37,41)/t25?,26?,27-,28-,29+,30+,31-,32+,34?,35+,36-/m1/s1. The second-order valence-electron chi connectivity index (χ2n) is 15.6. The van der Waals surface area contributed by atoms with Crippen molar-refractivity contribution in [3.8, 4) is 0 Å². The number of hydrogen-bond acceptors (Lipinski definition) is 4. The number of amides is 1. The minimum absolute atomic E-state index is 0.113. The molecule has 0 spiro atoms. The van der Waals surface area contributed by atoms with Crippen molar-refractivity contribution in [3.05, 3.63) is 0 Å². The summed E-state index contributed by atoms with van der Waals surface area (Å²) in [5.41, 5.74) is -0.0765. The van der Waals surface area contributed by atoms with Crippen molar-refractivity contribution in [2.75, 3.05) is 6.54 Å². The van der Waals surface area contributed by atoms with E-state index in [1.54, 1.807) is 0 Å². The molecule has 4 aliphatic carbocycles. The third-order valence-corrected chi connectivity index (χ3v) is 13.2. The summed E-state index contributed by atoms with van der Waals surface area (Å²) in [6.07, 6.45) is 20.0. The summed E-state index contributed by atoms with van der Waals surface area (Å²) in [5, 5.41) is 36.8. The molecular formula is C36H65NO4. The van der Waals surface area contributed by atoms with Crippen molar-refractivity contribution < 1.29 is 20.1 Å². The van der Waals surface area contributed by atoms with E-state index in [0.717, 1.165) is 64.3 Å². The molecule has 0 aliphatic heterocycles. The van der Waals surface area contributed by atoms with Crippen molar-refractivity contribution in [3.63, 3.8) is 0 Å². The maximum absolute atomic E-state index is 12.7. The van der Waals surface area contributed by atoms with Gasteiger partial charge in [-0.05, 0) is 104 Å². The first-order valence-electron chi connectivity index (χ1n) is 17.9. The molecule has 41 heavy (non-hydrogen) atoms. The highest BCUT2D eigenvalue weighted by molar-refractivity contribution is 5.75. The Morgan fingerprint density at radius 3 is 2.20 bits per heavy atom. The molecule has 0 aromatic rings. The Morgan fingerprint density at radius 1 is 0.854 bits per heavy atom. The Balaban J connectivity index is 1.20. The maximum Gasteiger partial charge on any atom is 0.220 e. The van der Waals surface area contributed by atoms with Gasteiger partial charge in [-0.3, -0.25) is 4.79 Å². The van der Waals surface area contributed by atoms with Crippen LogP contribution in [0.15, 0.2) is 0 Å². The second kappa shape index (κ2) is 14.9. The molecule has 0 aromatic carbocycles. The number of fused-ring (bicyclic) bond motifs is 5. The Labute approximate surface area is 252 Å². The van der Waals surface area contributed by atoms with Crippen molar-refractivity contribution in [1.29, 1.82) is 0 Å². The highest BCUT2D eigenvalue weighted by atomic mass is 16.3. The predicted molar refractivity (Wildman–Crippen MR) is 167 cm³/mol. The summed E-state index contributed by atoms with van der Waals surface area (Å²) in [4.78, 5) is 12.7. The Kier molecular flexibility index (Phi) is 12.1. The van der Waals surface area contributed by atoms with Crippen LogP contribution in [-0.2, 0) is 4.79 Å². The molecule has 0 radical (unpaired) electrons. The van der Waals surface area contributed by atoms with Gasteiger partial charge in [0.2, 0.25) is 5.91 Å². The van der Waals surface area contributed by atoms with E-state index >= 15 is 0 Å². The third kappa shape index (κ3) is 7.36. The van der Waals surface area contributed by atoms with E-state index < -0.39 is 0 Å². The molecular weight excluding hydrogens is 510 g/mol. The zero-order chi connectivity index (χ0) is 29.6. The van der Waals surface area contributed by atoms with E-state index in [2.05, 4.69) is 33.0 Å². The van der Waals surface area contributed by atoms with Gasteiger partial charge >= 0.3 is 0 Å². The number of unbranched alkanes of at least 4 members (excludes halogenated alkanes) is 9. The van der Waals surface area contributed by atoms with Crippen LogP contribution < -0.4 is 5.32 Å². The summed E-state index contributed by atoms with van der Waals surface area (Å²) in [5.74, 6) is 2.24. The Hall–Kier alpha value is -0.650. The van der Waals surface area contributed by atoms with Gasteiger partial charge in [0.25, 0.3) is 0 Å². The zero-order valence-corrected chi connectivity index (χ0v) is 27.1. The topological polar surface area (TPSA) is 89.8 Å². The van der Waals surface area contributed by atoms with Crippen LogP contribution in [0.2, 0.25) is 0 Å². The van der Waals surface area contributed by atoms with Gasteiger partial charge in [-0.15, -0.1) is 0 Å². The smallest absolute Gasteiger partial charge is 0.220 e. The summed E-state index contributed by atoms with van der Waals surface area (Å²) < 4.78 is 0. The fourth-order valence-corrected chi connectivity index (χ4v) is 10.6. The van der Waals surface area contributed by atoms with Crippen molar-refractivity contribution in [2.45, 2.75) is 168 Å². The molecule has 0 saturated heterocycles. The van der Waals surface area contributed by atoms with Gasteiger partial charge in [0.15, 0.2) is 0 Å². The van der Waals surface area contributed by atoms with Crippen LogP contribution in [-0.4, -0.2) is 46.1 Å². The minimum Gasteiger partial charge on any atom is -0.393 e. The van der Waals surface area contributed by atoms with Gasteiger partial charge in [-0.2, -0.15) is 0 Å². The molecule has 0 bridgehead atoms. The van der Waals surface area contributed by atoms with Crippen LogP contribution in [0.4, 0.5) is 0 Å². The van der Waals surface area contributed by atoms with Crippen molar-refractivity contribution in [1.82, 2.24) is 5.32 Å². The normalized spacial score (nSPS) is 40.9. The van der Waals surface area contributed by atoms with Crippen LogP contribution in [0.3, 0.4) is 0 Å². The molecule has 5 heteroatoms. The molecule has 11 atom stereocenters. The number of hydrogen-bond donors (Lipinski definition) is 4. The Morgan fingerprint density at radius 2 is 1.51 bits per heavy atom. The first kappa shape index (κ1) is 33.2. The summed E-state index contributed by atoms with van der Waals surface area (Å²) in [7, 11) is 0. The highest BCUT2D eigenvalue weighted by Crippen LogP contribution is 2.68. The number of rotatable bonds is 15. The number of carbonyl (C=O) groups excluding carboxylic acids is 1. The van der Waals surface area contributed by atoms with Crippen molar-refractivity contribution >= 4 is 5.91 Å². The number of carbonyl (C=O) groups is 1. The SMILES string of the molecule is CCCCCCCCCCCCNC(=O)CCC(C)[C@H]1CC[C@H]2C3[C@H](O)CC4C[C@H](O)CC[C@]4(C)[C@H]3C[C@H](O)[C@]12C. The van der Waals surface area contributed by atoms with E-state index in [9.17, 15) is 20.1 Å². The molecule has 3 unspecified atom stereocenters. The molecule has 238 valence electrons. The predicted octanol–water partition coefficient (Wildman–Crippen LogP) is 7.40. The second-order valence-corrected chi connectivity index (χ2v) is 15.6. The van der Waals surface area contributed by atoms with Crippen molar-refractivity contribution in [2.24, 2.45) is 46.3 Å². The third-order valence-electron chi connectivity index (χ3n) is 13.2. The van der Waals surface area contributed by atoms with Crippen LogP contribution in [0, 0.1) is 46.3 Å². The fraction of sp³-hybridized carbons (Fsp3) is 0.972. The van der Waals surface area contributed by atoms with Gasteiger partial charge in [0.1, 0.15) is 0 Å². The first-order chi connectivity index (χ1) is 19.6.